The summed E-state index contributed by atoms with van der Waals surface area (Å²) in [5, 5.41) is 12.6. The molecule has 0 saturated carbocycles. The maximum Gasteiger partial charge on any atom is 0.274 e. The summed E-state index contributed by atoms with van der Waals surface area (Å²) < 4.78 is 25.7. The minimum absolute atomic E-state index is 0.129. The van der Waals surface area contributed by atoms with Crippen LogP contribution in [0.3, 0.4) is 0 Å². The van der Waals surface area contributed by atoms with Crippen molar-refractivity contribution in [3.8, 4) is 17.6 Å². The van der Waals surface area contributed by atoms with E-state index in [1.165, 1.54) is 18.3 Å². The van der Waals surface area contributed by atoms with Crippen molar-refractivity contribution in [3.63, 3.8) is 0 Å². The quantitative estimate of drug-likeness (QED) is 0.375. The van der Waals surface area contributed by atoms with Crippen molar-refractivity contribution < 1.29 is 18.7 Å². The van der Waals surface area contributed by atoms with Crippen LogP contribution in [0.25, 0.3) is 0 Å². The molecule has 2 rings (SSSR count). The molecule has 0 heterocycles. The largest absolute Gasteiger partial charge is 0.490 e. The number of nitrogens with one attached hydrogen (secondary N) is 1. The molecule has 0 radical (unpaired) electrons. The van der Waals surface area contributed by atoms with Crippen molar-refractivity contribution >= 4 is 28.1 Å². The Morgan fingerprint density at radius 1 is 1.39 bits per heavy atom. The number of hydrogen-bond acceptors (Lipinski definition) is 5. The van der Waals surface area contributed by atoms with E-state index < -0.39 is 11.7 Å². The van der Waals surface area contributed by atoms with Gasteiger partial charge in [-0.3, -0.25) is 4.79 Å². The molecule has 8 heteroatoms. The smallest absolute Gasteiger partial charge is 0.274 e. The molecule has 1 amide bonds. The average Bonchev–Trinajstić information content (AvgIpc) is 2.67. The molecule has 0 fully saturated rings. The summed E-state index contributed by atoms with van der Waals surface area (Å²) in [6, 6.07) is 8.82. The second-order valence-electron chi connectivity index (χ2n) is 5.37. The maximum atomic E-state index is 13.9. The lowest BCUT2D eigenvalue weighted by molar-refractivity contribution is 0.0951. The zero-order valence-electron chi connectivity index (χ0n) is 15.0. The van der Waals surface area contributed by atoms with Crippen LogP contribution in [0, 0.1) is 17.1 Å². The van der Waals surface area contributed by atoms with Gasteiger partial charge in [-0.25, -0.2) is 9.82 Å². The summed E-state index contributed by atoms with van der Waals surface area (Å²) in [5.74, 6) is -0.489. The Bertz CT molecular complexity index is 954. The lowest BCUT2D eigenvalue weighted by Crippen LogP contribution is -2.19. The summed E-state index contributed by atoms with van der Waals surface area (Å²) in [6.07, 6.45) is 3.01. The maximum absolute atomic E-state index is 13.9. The number of carbonyl (C=O) groups excluding carboxylic acids is 1. The predicted octanol–water partition coefficient (Wildman–Crippen LogP) is 4.19. The van der Waals surface area contributed by atoms with Crippen molar-refractivity contribution in [2.45, 2.75) is 6.92 Å². The minimum Gasteiger partial charge on any atom is -0.490 e. The van der Waals surface area contributed by atoms with Crippen LogP contribution in [0.2, 0.25) is 0 Å². The van der Waals surface area contributed by atoms with Crippen LogP contribution in [0.4, 0.5) is 4.39 Å². The van der Waals surface area contributed by atoms with Gasteiger partial charge >= 0.3 is 0 Å². The second-order valence-corrected chi connectivity index (χ2v) is 6.22. The third-order valence-electron chi connectivity index (χ3n) is 3.40. The van der Waals surface area contributed by atoms with E-state index >= 15 is 0 Å². The van der Waals surface area contributed by atoms with E-state index in [1.54, 1.807) is 24.3 Å². The van der Waals surface area contributed by atoms with Gasteiger partial charge in [-0.1, -0.05) is 12.7 Å². The third-order valence-corrected chi connectivity index (χ3v) is 3.99. The Kier molecular flexibility index (Phi) is 7.72. The normalized spacial score (nSPS) is 10.4. The fraction of sp³-hybridized carbons (Fsp3) is 0.150. The molecule has 0 unspecified atom stereocenters. The van der Waals surface area contributed by atoms with Gasteiger partial charge in [0.15, 0.2) is 11.5 Å². The van der Waals surface area contributed by atoms with Gasteiger partial charge in [0.1, 0.15) is 12.4 Å². The Hall–Kier alpha value is -3.18. The van der Waals surface area contributed by atoms with Gasteiger partial charge < -0.3 is 9.47 Å². The monoisotopic (exact) mass is 445 g/mol. The fourth-order valence-corrected chi connectivity index (χ4v) is 2.78. The van der Waals surface area contributed by atoms with E-state index in [1.807, 2.05) is 6.92 Å². The zero-order valence-corrected chi connectivity index (χ0v) is 16.6. The molecule has 2 aromatic carbocycles. The SMILES string of the molecule is C=CCOc1c(Br)cc(/C=N\NC(=O)c2ccc(C#N)cc2F)cc1OCC. The van der Waals surface area contributed by atoms with E-state index in [2.05, 4.69) is 33.0 Å². The highest BCUT2D eigenvalue weighted by molar-refractivity contribution is 9.10. The van der Waals surface area contributed by atoms with Crippen LogP contribution in [0.15, 0.2) is 52.6 Å². The predicted molar refractivity (Wildman–Crippen MR) is 107 cm³/mol. The highest BCUT2D eigenvalue weighted by atomic mass is 79.9. The molecule has 144 valence electrons. The lowest BCUT2D eigenvalue weighted by Gasteiger charge is -2.13. The number of ether oxygens (including phenoxy) is 2. The molecule has 6 nitrogen and oxygen atoms in total. The van der Waals surface area contributed by atoms with Gasteiger partial charge in [-0.2, -0.15) is 10.4 Å². The standard InChI is InChI=1S/C20H17BrFN3O3/c1-3-7-28-19-16(21)8-14(10-18(19)27-4-2)12-24-25-20(26)15-6-5-13(11-23)9-17(15)22/h3,5-6,8-10,12H,1,4,7H2,2H3,(H,25,26)/b24-12-. The van der Waals surface area contributed by atoms with Crippen molar-refractivity contribution in [3.05, 3.63) is 70.0 Å². The highest BCUT2D eigenvalue weighted by Gasteiger charge is 2.13. The number of carbonyl (C=O) groups is 1. The number of nitriles is 1. The van der Waals surface area contributed by atoms with E-state index in [4.69, 9.17) is 14.7 Å². The van der Waals surface area contributed by atoms with E-state index in [0.717, 1.165) is 6.07 Å². The third kappa shape index (κ3) is 5.41. The van der Waals surface area contributed by atoms with E-state index in [0.29, 0.717) is 34.7 Å². The first-order valence-corrected chi connectivity index (χ1v) is 9.02. The summed E-state index contributed by atoms with van der Waals surface area (Å²) in [4.78, 5) is 12.1. The summed E-state index contributed by atoms with van der Waals surface area (Å²) >= 11 is 3.41. The number of hydrazone groups is 1. The van der Waals surface area contributed by atoms with Gasteiger partial charge in [-0.05, 0) is 58.7 Å². The van der Waals surface area contributed by atoms with Gasteiger partial charge in [0, 0.05) is 0 Å². The molecule has 2 aromatic rings. The Balaban J connectivity index is 2.16. The minimum atomic E-state index is -0.795. The van der Waals surface area contributed by atoms with Crippen LogP contribution in [0.5, 0.6) is 11.5 Å². The fourth-order valence-electron chi connectivity index (χ4n) is 2.20. The van der Waals surface area contributed by atoms with E-state index in [-0.39, 0.29) is 11.1 Å². The molecule has 0 aliphatic heterocycles. The molecule has 0 aliphatic rings. The molecule has 0 saturated heterocycles. The van der Waals surface area contributed by atoms with Crippen molar-refractivity contribution in [1.82, 2.24) is 5.43 Å². The van der Waals surface area contributed by atoms with Gasteiger partial charge in [0.2, 0.25) is 0 Å². The second kappa shape index (κ2) is 10.2. The van der Waals surface area contributed by atoms with Gasteiger partial charge in [0.25, 0.3) is 5.91 Å². The van der Waals surface area contributed by atoms with Gasteiger partial charge in [-0.15, -0.1) is 0 Å². The molecule has 0 aromatic heterocycles. The Morgan fingerprint density at radius 2 is 2.18 bits per heavy atom. The number of hydrogen-bond donors (Lipinski definition) is 1. The molecule has 0 bridgehead atoms. The van der Waals surface area contributed by atoms with Gasteiger partial charge in [0.05, 0.1) is 34.5 Å². The molecule has 1 N–H and O–H groups in total. The molecule has 0 atom stereocenters. The average molecular weight is 446 g/mol. The molecule has 28 heavy (non-hydrogen) atoms. The van der Waals surface area contributed by atoms with Crippen molar-refractivity contribution in [2.24, 2.45) is 5.10 Å². The first-order valence-electron chi connectivity index (χ1n) is 8.23. The van der Waals surface area contributed by atoms with Crippen LogP contribution in [-0.2, 0) is 0 Å². The molecule has 0 spiro atoms. The number of nitrogens with zero attached hydrogens (tertiary/aromatic N) is 2. The van der Waals surface area contributed by atoms with E-state index in [9.17, 15) is 9.18 Å². The number of amides is 1. The van der Waals surface area contributed by atoms with Crippen LogP contribution in [0.1, 0.15) is 28.4 Å². The van der Waals surface area contributed by atoms with Crippen molar-refractivity contribution in [2.75, 3.05) is 13.2 Å². The van der Waals surface area contributed by atoms with Crippen LogP contribution in [-0.4, -0.2) is 25.3 Å². The summed E-state index contributed by atoms with van der Waals surface area (Å²) in [7, 11) is 0. The number of rotatable bonds is 8. The first-order chi connectivity index (χ1) is 13.5. The Labute approximate surface area is 170 Å². The van der Waals surface area contributed by atoms with Crippen LogP contribution >= 0.6 is 15.9 Å². The molecule has 0 aliphatic carbocycles. The number of benzene rings is 2. The van der Waals surface area contributed by atoms with Crippen LogP contribution < -0.4 is 14.9 Å². The Morgan fingerprint density at radius 3 is 2.82 bits per heavy atom. The number of halogens is 2. The highest BCUT2D eigenvalue weighted by Crippen LogP contribution is 2.36. The first kappa shape index (κ1) is 21.1. The molecular formula is C20H17BrFN3O3. The lowest BCUT2D eigenvalue weighted by atomic mass is 10.1. The molecular weight excluding hydrogens is 429 g/mol. The zero-order chi connectivity index (χ0) is 20.5. The summed E-state index contributed by atoms with van der Waals surface area (Å²) in [6.45, 7) is 6.21. The van der Waals surface area contributed by atoms with Crippen molar-refractivity contribution in [1.29, 1.82) is 5.26 Å². The summed E-state index contributed by atoms with van der Waals surface area (Å²) in [5.41, 5.74) is 2.80. The topological polar surface area (TPSA) is 83.7 Å².